The van der Waals surface area contributed by atoms with E-state index in [0.29, 0.717) is 0 Å². The van der Waals surface area contributed by atoms with Crippen LogP contribution in [0.1, 0.15) is 93.7 Å². The quantitative estimate of drug-likeness (QED) is 0.510. The molecule has 0 amide bonds. The first kappa shape index (κ1) is 18.2. The molecule has 0 atom stereocenters. The maximum atomic E-state index is 2.48. The second-order valence-corrected chi connectivity index (χ2v) is 9.27. The Balaban J connectivity index is 1.69. The molecule has 3 aliphatic carbocycles. The predicted molar refractivity (Wildman–Crippen MR) is 120 cm³/mol. The van der Waals surface area contributed by atoms with Crippen LogP contribution in [0.5, 0.6) is 0 Å². The molecule has 0 N–H and O–H groups in total. The summed E-state index contributed by atoms with van der Waals surface area (Å²) in [4.78, 5) is 0. The third kappa shape index (κ3) is 3.25. The highest BCUT2D eigenvalue weighted by atomic mass is 14.4. The number of allylic oxidation sites excluding steroid dienone is 2. The van der Waals surface area contributed by atoms with Crippen LogP contribution in [0.25, 0.3) is 16.7 Å². The average molecular weight is 370 g/mol. The standard InChI is InChI=1S/C28H33/c1-20-19-24-17-18-25(21-11-5-2-6-12-21)27(23-15-9-4-10-16-23)28(24)26(20)22-13-7-3-8-14-22/h4,9-10,15-19,21-22H,2-3,5-8,11-14H2,1H3. The molecule has 1 radical (unpaired) electrons. The molecule has 2 aromatic carbocycles. The molecule has 0 aromatic heterocycles. The van der Waals surface area contributed by atoms with Crippen LogP contribution in [0.3, 0.4) is 0 Å². The second-order valence-electron chi connectivity index (χ2n) is 9.27. The van der Waals surface area contributed by atoms with Crippen molar-refractivity contribution in [1.29, 1.82) is 0 Å². The average Bonchev–Trinajstić information content (AvgIpc) is 3.10. The van der Waals surface area contributed by atoms with Gasteiger partial charge in [-0.05, 0) is 77.8 Å². The van der Waals surface area contributed by atoms with Gasteiger partial charge in [-0.25, -0.2) is 0 Å². The van der Waals surface area contributed by atoms with Crippen molar-refractivity contribution in [2.45, 2.75) is 77.0 Å². The fourth-order valence-corrected chi connectivity index (χ4v) is 6.14. The highest BCUT2D eigenvalue weighted by Crippen LogP contribution is 2.50. The van der Waals surface area contributed by atoms with E-state index < -0.39 is 0 Å². The SMILES string of the molecule is CC1=C(C2CCCCC2)c2c(ccc(C3CCCCC3)c2-c2ccccc2)[CH]1. The van der Waals surface area contributed by atoms with Crippen LogP contribution in [0.15, 0.2) is 48.0 Å². The van der Waals surface area contributed by atoms with Crippen LogP contribution < -0.4 is 0 Å². The Labute approximate surface area is 171 Å². The molecule has 0 spiro atoms. The van der Waals surface area contributed by atoms with Gasteiger partial charge >= 0.3 is 0 Å². The predicted octanol–water partition coefficient (Wildman–Crippen LogP) is 8.32. The first-order valence-electron chi connectivity index (χ1n) is 11.6. The van der Waals surface area contributed by atoms with Crippen molar-refractivity contribution in [3.63, 3.8) is 0 Å². The fourth-order valence-electron chi connectivity index (χ4n) is 6.14. The molecule has 2 saturated carbocycles. The zero-order valence-electron chi connectivity index (χ0n) is 17.3. The van der Waals surface area contributed by atoms with Crippen molar-refractivity contribution < 1.29 is 0 Å². The molecule has 0 saturated heterocycles. The summed E-state index contributed by atoms with van der Waals surface area (Å²) in [6, 6.07) is 16.2. The monoisotopic (exact) mass is 369 g/mol. The van der Waals surface area contributed by atoms with Gasteiger partial charge in [0.25, 0.3) is 0 Å². The Morgan fingerprint density at radius 2 is 1.29 bits per heavy atom. The minimum atomic E-state index is 0.739. The Kier molecular flexibility index (Phi) is 5.14. The Hall–Kier alpha value is -1.82. The molecule has 28 heavy (non-hydrogen) atoms. The van der Waals surface area contributed by atoms with Gasteiger partial charge in [0.05, 0.1) is 0 Å². The lowest BCUT2D eigenvalue weighted by molar-refractivity contribution is 0.429. The highest BCUT2D eigenvalue weighted by Gasteiger charge is 2.32. The van der Waals surface area contributed by atoms with Gasteiger partial charge in [-0.2, -0.15) is 0 Å². The Morgan fingerprint density at radius 3 is 1.96 bits per heavy atom. The molecule has 2 aromatic rings. The van der Waals surface area contributed by atoms with E-state index in [9.17, 15) is 0 Å². The molecule has 0 nitrogen and oxygen atoms in total. The Bertz CT molecular complexity index is 858. The molecule has 0 unspecified atom stereocenters. The number of rotatable bonds is 3. The zero-order valence-corrected chi connectivity index (χ0v) is 17.3. The van der Waals surface area contributed by atoms with E-state index in [0.717, 1.165) is 11.8 Å². The maximum Gasteiger partial charge on any atom is 0.0164 e. The van der Waals surface area contributed by atoms with Crippen molar-refractivity contribution in [2.24, 2.45) is 5.92 Å². The van der Waals surface area contributed by atoms with E-state index in [1.165, 1.54) is 80.9 Å². The highest BCUT2D eigenvalue weighted by molar-refractivity contribution is 5.92. The normalized spacial score (nSPS) is 21.2. The van der Waals surface area contributed by atoms with Gasteiger partial charge in [-0.1, -0.05) is 86.6 Å². The summed E-state index contributed by atoms with van der Waals surface area (Å²) in [7, 11) is 0. The van der Waals surface area contributed by atoms with E-state index in [1.54, 1.807) is 22.3 Å². The van der Waals surface area contributed by atoms with Gasteiger partial charge < -0.3 is 0 Å². The van der Waals surface area contributed by atoms with Crippen molar-refractivity contribution in [3.8, 4) is 11.1 Å². The van der Waals surface area contributed by atoms with Gasteiger partial charge in [0.2, 0.25) is 0 Å². The van der Waals surface area contributed by atoms with Crippen LogP contribution >= 0.6 is 0 Å². The van der Waals surface area contributed by atoms with E-state index >= 15 is 0 Å². The summed E-state index contributed by atoms with van der Waals surface area (Å²) < 4.78 is 0. The molecule has 0 bridgehead atoms. The van der Waals surface area contributed by atoms with Crippen molar-refractivity contribution in [3.05, 3.63) is 71.1 Å². The maximum absolute atomic E-state index is 2.48. The van der Waals surface area contributed by atoms with Crippen LogP contribution in [-0.4, -0.2) is 0 Å². The number of fused-ring (bicyclic) bond motifs is 1. The van der Waals surface area contributed by atoms with Crippen LogP contribution in [0.4, 0.5) is 0 Å². The lowest BCUT2D eigenvalue weighted by Crippen LogP contribution is -2.11. The number of benzene rings is 2. The van der Waals surface area contributed by atoms with Gasteiger partial charge in [0, 0.05) is 6.42 Å². The van der Waals surface area contributed by atoms with Crippen LogP contribution in [0.2, 0.25) is 0 Å². The largest absolute Gasteiger partial charge is 0.0622 e. The van der Waals surface area contributed by atoms with Crippen LogP contribution in [-0.2, 0) is 0 Å². The molecular formula is C28H33. The van der Waals surface area contributed by atoms with E-state index in [1.807, 2.05) is 0 Å². The fraction of sp³-hybridized carbons (Fsp3) is 0.464. The summed E-state index contributed by atoms with van der Waals surface area (Å²) in [5.74, 6) is 1.50. The van der Waals surface area contributed by atoms with E-state index in [4.69, 9.17) is 0 Å². The number of hydrogen-bond acceptors (Lipinski definition) is 0. The van der Waals surface area contributed by atoms with Crippen molar-refractivity contribution in [1.82, 2.24) is 0 Å². The molecule has 0 heterocycles. The summed E-state index contributed by atoms with van der Waals surface area (Å²) >= 11 is 0. The smallest absolute Gasteiger partial charge is 0.0164 e. The Morgan fingerprint density at radius 1 is 0.643 bits per heavy atom. The topological polar surface area (TPSA) is 0 Å². The first-order valence-corrected chi connectivity index (χ1v) is 11.6. The first-order chi connectivity index (χ1) is 13.8. The molecular weight excluding hydrogens is 336 g/mol. The summed E-state index contributed by atoms with van der Waals surface area (Å²) in [6.07, 6.45) is 16.4. The summed E-state index contributed by atoms with van der Waals surface area (Å²) in [5.41, 5.74) is 10.9. The molecule has 5 rings (SSSR count). The van der Waals surface area contributed by atoms with E-state index in [2.05, 4.69) is 55.8 Å². The molecule has 145 valence electrons. The molecule has 0 heteroatoms. The lowest BCUT2D eigenvalue weighted by Gasteiger charge is -2.29. The third-order valence-corrected chi connectivity index (χ3v) is 7.46. The zero-order chi connectivity index (χ0) is 18.9. The van der Waals surface area contributed by atoms with Crippen molar-refractivity contribution >= 4 is 5.57 Å². The molecule has 0 aliphatic heterocycles. The van der Waals surface area contributed by atoms with Gasteiger partial charge in [-0.3, -0.25) is 0 Å². The molecule has 3 aliphatic rings. The minimum Gasteiger partial charge on any atom is -0.0622 e. The van der Waals surface area contributed by atoms with Gasteiger partial charge in [-0.15, -0.1) is 0 Å². The second kappa shape index (κ2) is 7.90. The minimum absolute atomic E-state index is 0.739. The third-order valence-electron chi connectivity index (χ3n) is 7.46. The van der Waals surface area contributed by atoms with Gasteiger partial charge in [0.1, 0.15) is 0 Å². The summed E-state index contributed by atoms with van der Waals surface area (Å²) in [6.45, 7) is 2.36. The summed E-state index contributed by atoms with van der Waals surface area (Å²) in [5, 5.41) is 0. The van der Waals surface area contributed by atoms with Crippen molar-refractivity contribution in [2.75, 3.05) is 0 Å². The lowest BCUT2D eigenvalue weighted by atomic mass is 9.75. The van der Waals surface area contributed by atoms with E-state index in [-0.39, 0.29) is 0 Å². The van der Waals surface area contributed by atoms with Crippen LogP contribution in [0, 0.1) is 12.3 Å². The van der Waals surface area contributed by atoms with Gasteiger partial charge in [0.15, 0.2) is 0 Å². The molecule has 2 fully saturated rings. The number of hydrogen-bond donors (Lipinski definition) is 0.